The largest absolute Gasteiger partial charge is 2.00 e. The van der Waals surface area contributed by atoms with Gasteiger partial charge in [-0.05, 0) is 36.9 Å². The maximum absolute atomic E-state index is 4.31. The van der Waals surface area contributed by atoms with Gasteiger partial charge in [0.05, 0.1) is 0 Å². The molecule has 0 radical (unpaired) electrons. The fourth-order valence-corrected chi connectivity index (χ4v) is 1.54. The Balaban J connectivity index is -0.000000429. The summed E-state index contributed by atoms with van der Waals surface area (Å²) in [4.78, 5) is 2.43. The van der Waals surface area contributed by atoms with E-state index in [1.165, 1.54) is 5.56 Å². The van der Waals surface area contributed by atoms with E-state index in [1.807, 2.05) is 26.0 Å². The molecule has 1 aliphatic heterocycles. The third kappa shape index (κ3) is 8.94. The van der Waals surface area contributed by atoms with Crippen LogP contribution in [0.5, 0.6) is 0 Å². The topological polar surface area (TPSA) is 17.3 Å². The Labute approximate surface area is 133 Å². The second-order valence-electron chi connectivity index (χ2n) is 3.29. The van der Waals surface area contributed by atoms with E-state index >= 15 is 0 Å². The maximum Gasteiger partial charge on any atom is 2.00 e. The van der Waals surface area contributed by atoms with Gasteiger partial charge in [-0.1, -0.05) is 33.4 Å². The molecule has 0 aromatic heterocycles. The molecule has 1 saturated heterocycles. The van der Waals surface area contributed by atoms with Crippen LogP contribution in [0.15, 0.2) is 18.2 Å². The van der Waals surface area contributed by atoms with E-state index in [9.17, 15) is 0 Å². The predicted octanol–water partition coefficient (Wildman–Crippen LogP) is 2.87. The van der Waals surface area contributed by atoms with Crippen molar-refractivity contribution in [2.45, 2.75) is 27.8 Å². The molecule has 1 heterocycles. The molecule has 0 aliphatic carbocycles. The van der Waals surface area contributed by atoms with Crippen molar-refractivity contribution in [2.75, 3.05) is 26.2 Å². The second kappa shape index (κ2) is 15.0. The van der Waals surface area contributed by atoms with Crippen LogP contribution in [0.3, 0.4) is 0 Å². The Morgan fingerprint density at radius 3 is 2.33 bits per heavy atom. The van der Waals surface area contributed by atoms with E-state index in [0.29, 0.717) is 0 Å². The maximum atomic E-state index is 4.31. The van der Waals surface area contributed by atoms with Gasteiger partial charge in [0.25, 0.3) is 0 Å². The molecule has 104 valence electrons. The number of hydrogen-bond donors (Lipinski definition) is 0. The monoisotopic (exact) mass is 354 g/mol. The first-order valence-electron chi connectivity index (χ1n) is 5.67. The number of nitrogens with zero attached hydrogens (tertiary/aromatic N) is 2. The molecule has 1 aromatic carbocycles. The molecular formula is C14H24N2RuS. The molecule has 0 spiro atoms. The minimum atomic E-state index is 0. The van der Waals surface area contributed by atoms with Crippen molar-refractivity contribution >= 4 is 13.5 Å². The molecule has 0 atom stereocenters. The van der Waals surface area contributed by atoms with Crippen molar-refractivity contribution in [1.29, 1.82) is 0 Å². The zero-order valence-electron chi connectivity index (χ0n) is 10.5. The molecule has 2 nitrogen and oxygen atoms in total. The van der Waals surface area contributed by atoms with Gasteiger partial charge >= 0.3 is 19.5 Å². The van der Waals surface area contributed by atoms with Gasteiger partial charge in [-0.2, -0.15) is 0 Å². The standard InChI is InChI=1S/C11H13N2.C2H6.CH4.Ru.H2S/c1-2-4-11(5-3-1)10-13-8-6-12-7-9-13;1-2;;;/h2,4-5H,6-10H2;1-2H3;1H4;;1H2/q-1;;;+2;/p-1. The summed E-state index contributed by atoms with van der Waals surface area (Å²) in [5, 5.41) is 4.31. The van der Waals surface area contributed by atoms with E-state index in [-0.39, 0.29) is 40.4 Å². The van der Waals surface area contributed by atoms with E-state index in [2.05, 4.69) is 28.4 Å². The zero-order valence-corrected chi connectivity index (χ0v) is 13.1. The van der Waals surface area contributed by atoms with Crippen molar-refractivity contribution in [2.24, 2.45) is 0 Å². The van der Waals surface area contributed by atoms with Crippen molar-refractivity contribution in [1.82, 2.24) is 4.90 Å². The van der Waals surface area contributed by atoms with E-state index < -0.39 is 0 Å². The second-order valence-corrected chi connectivity index (χ2v) is 3.29. The van der Waals surface area contributed by atoms with Crippen LogP contribution in [0.1, 0.15) is 26.8 Å². The van der Waals surface area contributed by atoms with Gasteiger partial charge in [-0.25, -0.2) is 0 Å². The van der Waals surface area contributed by atoms with Crippen LogP contribution in [0, 0.1) is 12.1 Å². The quantitative estimate of drug-likeness (QED) is 0.462. The summed E-state index contributed by atoms with van der Waals surface area (Å²) in [6, 6.07) is 11.9. The van der Waals surface area contributed by atoms with Gasteiger partial charge in [-0.15, -0.1) is 13.1 Å². The summed E-state index contributed by atoms with van der Waals surface area (Å²) in [6.45, 7) is 9.20. The first-order chi connectivity index (χ1) is 7.45. The van der Waals surface area contributed by atoms with Crippen molar-refractivity contribution in [3.63, 3.8) is 0 Å². The SMILES string of the molecule is C.CC.[Ru+2].[SH-].c1ccc(CN2CC[N-]CC2)cc#1. The fraction of sp³-hybridized carbons (Fsp3) is 0.571. The smallest absolute Gasteiger partial charge is 0.813 e. The minimum absolute atomic E-state index is 0. The number of rotatable bonds is 2. The third-order valence-corrected chi connectivity index (χ3v) is 2.28. The van der Waals surface area contributed by atoms with Gasteiger partial charge in [-0.3, -0.25) is 0 Å². The number of thiol groups is 1. The molecule has 1 aromatic rings. The summed E-state index contributed by atoms with van der Waals surface area (Å²) in [5.74, 6) is 0. The van der Waals surface area contributed by atoms with Gasteiger partial charge in [0.1, 0.15) is 0 Å². The minimum Gasteiger partial charge on any atom is -0.813 e. The van der Waals surface area contributed by atoms with Gasteiger partial charge in [0.2, 0.25) is 0 Å². The van der Waals surface area contributed by atoms with Crippen LogP contribution >= 0.6 is 0 Å². The Hall–Kier alpha value is -0.0666. The first-order valence-corrected chi connectivity index (χ1v) is 5.67. The average Bonchev–Trinajstić information content (AvgIpc) is 2.34. The van der Waals surface area contributed by atoms with Crippen molar-refractivity contribution < 1.29 is 19.5 Å². The van der Waals surface area contributed by atoms with E-state index in [4.69, 9.17) is 0 Å². The summed E-state index contributed by atoms with van der Waals surface area (Å²) in [5.41, 5.74) is 1.32. The van der Waals surface area contributed by atoms with Crippen LogP contribution < -0.4 is 0 Å². The molecule has 2 rings (SSSR count). The van der Waals surface area contributed by atoms with Crippen molar-refractivity contribution in [3.8, 4) is 0 Å². The zero-order chi connectivity index (χ0) is 10.9. The Morgan fingerprint density at radius 2 is 1.83 bits per heavy atom. The summed E-state index contributed by atoms with van der Waals surface area (Å²) in [7, 11) is 0. The van der Waals surface area contributed by atoms with E-state index in [0.717, 1.165) is 32.7 Å². The Morgan fingerprint density at radius 1 is 1.22 bits per heavy atom. The van der Waals surface area contributed by atoms with Crippen LogP contribution in [0.4, 0.5) is 0 Å². The van der Waals surface area contributed by atoms with Crippen LogP contribution in [0.2, 0.25) is 0 Å². The molecule has 18 heavy (non-hydrogen) atoms. The van der Waals surface area contributed by atoms with Gasteiger partial charge in [0.15, 0.2) is 0 Å². The summed E-state index contributed by atoms with van der Waals surface area (Å²) in [6.07, 6.45) is 0. The normalized spacial score (nSPS) is 13.4. The molecular weight excluding hydrogens is 329 g/mol. The third-order valence-electron chi connectivity index (χ3n) is 2.28. The molecule has 1 aliphatic rings. The number of hydrogen-bond acceptors (Lipinski definition) is 2. The Kier molecular flexibility index (Phi) is 19.2. The van der Waals surface area contributed by atoms with Crippen molar-refractivity contribution in [3.05, 3.63) is 41.2 Å². The van der Waals surface area contributed by atoms with Crippen LogP contribution in [-0.4, -0.2) is 31.1 Å². The van der Waals surface area contributed by atoms with E-state index in [1.54, 1.807) is 0 Å². The van der Waals surface area contributed by atoms with Gasteiger partial charge < -0.3 is 23.7 Å². The molecule has 0 amide bonds. The van der Waals surface area contributed by atoms with Crippen LogP contribution in [-0.2, 0) is 39.5 Å². The molecule has 0 bridgehead atoms. The predicted molar refractivity (Wildman–Crippen MR) is 79.3 cm³/mol. The average molecular weight is 353 g/mol. The number of piperazine rings is 1. The van der Waals surface area contributed by atoms with Gasteiger partial charge in [0, 0.05) is 6.54 Å². The molecule has 4 heteroatoms. The van der Waals surface area contributed by atoms with Crippen LogP contribution in [0.25, 0.3) is 5.32 Å². The first kappa shape index (κ1) is 23.1. The molecule has 0 N–H and O–H groups in total. The summed E-state index contributed by atoms with van der Waals surface area (Å²) >= 11 is 0. The molecule has 0 saturated carbocycles. The molecule has 0 unspecified atom stereocenters. The Bertz CT molecular complexity index is 251. The molecule has 1 fully saturated rings. The fourth-order valence-electron chi connectivity index (χ4n) is 1.54. The summed E-state index contributed by atoms with van der Waals surface area (Å²) < 4.78 is 0.